The molecule has 6 heteroatoms. The highest BCUT2D eigenvalue weighted by atomic mass is 32.1. The second kappa shape index (κ2) is 7.53. The number of rotatable bonds is 6. The van der Waals surface area contributed by atoms with E-state index in [4.69, 9.17) is 4.42 Å². The molecule has 4 rings (SSSR count). The van der Waals surface area contributed by atoms with Crippen LogP contribution in [0.2, 0.25) is 0 Å². The second-order valence-electron chi connectivity index (χ2n) is 7.12. The third kappa shape index (κ3) is 3.06. The number of aryl methyl sites for hydroxylation is 1. The Morgan fingerprint density at radius 2 is 1.96 bits per heavy atom. The van der Waals surface area contributed by atoms with Crippen LogP contribution in [0.4, 0.5) is 0 Å². The zero-order valence-corrected chi connectivity index (χ0v) is 17.2. The Balaban J connectivity index is 1.85. The zero-order chi connectivity index (χ0) is 19.8. The summed E-state index contributed by atoms with van der Waals surface area (Å²) in [6.07, 6.45) is 0. The third-order valence-electron chi connectivity index (χ3n) is 5.49. The fourth-order valence-corrected chi connectivity index (χ4v) is 4.74. The summed E-state index contributed by atoms with van der Waals surface area (Å²) in [5.41, 5.74) is 1.84. The first-order chi connectivity index (χ1) is 13.5. The van der Waals surface area contributed by atoms with Crippen molar-refractivity contribution in [3.8, 4) is 0 Å². The molecule has 1 aromatic carbocycles. The van der Waals surface area contributed by atoms with Gasteiger partial charge in [-0.25, -0.2) is 0 Å². The van der Waals surface area contributed by atoms with Gasteiger partial charge in [0.05, 0.1) is 17.0 Å². The van der Waals surface area contributed by atoms with Crippen molar-refractivity contribution >= 4 is 28.2 Å². The van der Waals surface area contributed by atoms with Gasteiger partial charge in [0.15, 0.2) is 5.43 Å². The fraction of sp³-hybridized carbons (Fsp3) is 0.364. The predicted molar refractivity (Wildman–Crippen MR) is 112 cm³/mol. The van der Waals surface area contributed by atoms with E-state index in [0.29, 0.717) is 23.1 Å². The highest BCUT2D eigenvalue weighted by Crippen LogP contribution is 2.39. The maximum Gasteiger partial charge on any atom is 0.290 e. The van der Waals surface area contributed by atoms with E-state index in [1.165, 1.54) is 0 Å². The van der Waals surface area contributed by atoms with Crippen molar-refractivity contribution in [1.82, 2.24) is 9.80 Å². The lowest BCUT2D eigenvalue weighted by molar-refractivity contribution is 0.0710. The number of benzene rings is 1. The number of carbonyl (C=O) groups is 1. The van der Waals surface area contributed by atoms with E-state index in [9.17, 15) is 9.59 Å². The van der Waals surface area contributed by atoms with Crippen LogP contribution in [-0.4, -0.2) is 41.9 Å². The van der Waals surface area contributed by atoms with Crippen LogP contribution in [0, 0.1) is 6.92 Å². The van der Waals surface area contributed by atoms with E-state index in [1.807, 2.05) is 36.6 Å². The van der Waals surface area contributed by atoms with E-state index in [1.54, 1.807) is 22.3 Å². The summed E-state index contributed by atoms with van der Waals surface area (Å²) in [6, 6.07) is 9.08. The Morgan fingerprint density at radius 3 is 2.64 bits per heavy atom. The molecule has 0 saturated heterocycles. The van der Waals surface area contributed by atoms with E-state index >= 15 is 0 Å². The Kier molecular flexibility index (Phi) is 5.08. The molecule has 1 atom stereocenters. The average molecular weight is 397 g/mol. The van der Waals surface area contributed by atoms with Crippen molar-refractivity contribution in [2.45, 2.75) is 26.8 Å². The molecule has 0 unspecified atom stereocenters. The van der Waals surface area contributed by atoms with Gasteiger partial charge in [0.1, 0.15) is 5.58 Å². The number of hydrogen-bond donors (Lipinski definition) is 0. The average Bonchev–Trinajstić information content (AvgIpc) is 3.31. The molecule has 0 saturated carbocycles. The van der Waals surface area contributed by atoms with Crippen molar-refractivity contribution < 1.29 is 9.21 Å². The largest absolute Gasteiger partial charge is 0.450 e. The van der Waals surface area contributed by atoms with Crippen molar-refractivity contribution in [2.24, 2.45) is 0 Å². The van der Waals surface area contributed by atoms with Gasteiger partial charge in [-0.15, -0.1) is 11.3 Å². The Labute approximate surface area is 168 Å². The molecule has 0 bridgehead atoms. The minimum atomic E-state index is -0.376. The number of nitrogens with zero attached hydrogens (tertiary/aromatic N) is 2. The first-order valence-corrected chi connectivity index (χ1v) is 10.6. The van der Waals surface area contributed by atoms with Crippen LogP contribution < -0.4 is 5.43 Å². The van der Waals surface area contributed by atoms with Crippen molar-refractivity contribution in [1.29, 1.82) is 0 Å². The topological polar surface area (TPSA) is 53.8 Å². The van der Waals surface area contributed by atoms with Crippen LogP contribution in [0.15, 0.2) is 44.9 Å². The fourth-order valence-electron chi connectivity index (χ4n) is 3.90. The first kappa shape index (κ1) is 18.9. The summed E-state index contributed by atoms with van der Waals surface area (Å²) in [5.74, 6) is -0.000527. The van der Waals surface area contributed by atoms with Gasteiger partial charge in [0, 0.05) is 18.0 Å². The molecule has 2 aromatic heterocycles. The van der Waals surface area contributed by atoms with Crippen molar-refractivity contribution in [2.75, 3.05) is 26.2 Å². The molecule has 1 aliphatic rings. The van der Waals surface area contributed by atoms with Crippen LogP contribution in [-0.2, 0) is 0 Å². The maximum atomic E-state index is 13.4. The van der Waals surface area contributed by atoms with Gasteiger partial charge in [-0.1, -0.05) is 31.5 Å². The van der Waals surface area contributed by atoms with E-state index in [-0.39, 0.29) is 23.1 Å². The highest BCUT2D eigenvalue weighted by Gasteiger charge is 2.43. The first-order valence-electron chi connectivity index (χ1n) is 9.69. The summed E-state index contributed by atoms with van der Waals surface area (Å²) < 4.78 is 5.97. The number of hydrogen-bond acceptors (Lipinski definition) is 5. The quantitative estimate of drug-likeness (QED) is 0.631. The van der Waals surface area contributed by atoms with Crippen LogP contribution in [0.5, 0.6) is 0 Å². The number of thiophene rings is 1. The minimum Gasteiger partial charge on any atom is -0.450 e. The van der Waals surface area contributed by atoms with E-state index in [2.05, 4.69) is 18.7 Å². The molecule has 5 nitrogen and oxygen atoms in total. The van der Waals surface area contributed by atoms with Crippen LogP contribution in [0.1, 0.15) is 46.4 Å². The minimum absolute atomic E-state index is 0.1000. The second-order valence-corrected chi connectivity index (χ2v) is 8.10. The van der Waals surface area contributed by atoms with Gasteiger partial charge in [-0.2, -0.15) is 0 Å². The predicted octanol–water partition coefficient (Wildman–Crippen LogP) is 4.05. The summed E-state index contributed by atoms with van der Waals surface area (Å²) >= 11 is 1.56. The molecule has 0 N–H and O–H groups in total. The summed E-state index contributed by atoms with van der Waals surface area (Å²) in [4.78, 5) is 31.7. The molecule has 28 heavy (non-hydrogen) atoms. The molecule has 3 heterocycles. The van der Waals surface area contributed by atoms with Crippen LogP contribution >= 0.6 is 11.3 Å². The molecule has 0 radical (unpaired) electrons. The molecule has 1 amide bonds. The standard InChI is InChI=1S/C22H24N2O3S/c1-4-23(5-2)10-11-24-19(17-7-6-12-28-17)18-20(25)15-13-14(3)8-9-16(15)27-21(18)22(24)26/h6-9,12-13,19H,4-5,10-11H2,1-3H3/t19-/m0/s1. The summed E-state index contributed by atoms with van der Waals surface area (Å²) in [7, 11) is 0. The van der Waals surface area contributed by atoms with Crippen molar-refractivity contribution in [3.05, 3.63) is 67.7 Å². The van der Waals surface area contributed by atoms with Gasteiger partial charge in [-0.3, -0.25) is 9.59 Å². The Hall–Kier alpha value is -2.44. The Bertz CT molecular complexity index is 1070. The molecular formula is C22H24N2O3S. The molecule has 0 aliphatic carbocycles. The monoisotopic (exact) mass is 396 g/mol. The molecule has 1 aliphatic heterocycles. The molecule has 0 spiro atoms. The number of carbonyl (C=O) groups excluding carboxylic acids is 1. The molecule has 3 aromatic rings. The number of amides is 1. The number of likely N-dealkylation sites (N-methyl/N-ethyl adjacent to an activating group) is 1. The molecule has 146 valence electrons. The highest BCUT2D eigenvalue weighted by molar-refractivity contribution is 7.10. The summed E-state index contributed by atoms with van der Waals surface area (Å²) in [6.45, 7) is 9.35. The lowest BCUT2D eigenvalue weighted by Crippen LogP contribution is -2.37. The van der Waals surface area contributed by atoms with Gasteiger partial charge in [0.2, 0.25) is 5.76 Å². The maximum absolute atomic E-state index is 13.4. The van der Waals surface area contributed by atoms with E-state index < -0.39 is 0 Å². The van der Waals surface area contributed by atoms with Crippen LogP contribution in [0.3, 0.4) is 0 Å². The Morgan fingerprint density at radius 1 is 1.18 bits per heavy atom. The molecular weight excluding hydrogens is 372 g/mol. The van der Waals surface area contributed by atoms with Crippen LogP contribution in [0.25, 0.3) is 11.0 Å². The molecule has 0 fully saturated rings. The smallest absolute Gasteiger partial charge is 0.290 e. The number of fused-ring (bicyclic) bond motifs is 2. The lowest BCUT2D eigenvalue weighted by Gasteiger charge is -2.27. The third-order valence-corrected chi connectivity index (χ3v) is 6.41. The lowest BCUT2D eigenvalue weighted by atomic mass is 10.0. The van der Waals surface area contributed by atoms with Crippen molar-refractivity contribution in [3.63, 3.8) is 0 Å². The normalized spacial score (nSPS) is 16.4. The zero-order valence-electron chi connectivity index (χ0n) is 16.4. The SMILES string of the molecule is CCN(CC)CCN1C(=O)c2oc3ccc(C)cc3c(=O)c2[C@@H]1c1cccs1. The van der Waals surface area contributed by atoms with Gasteiger partial charge in [-0.05, 0) is 43.6 Å². The van der Waals surface area contributed by atoms with E-state index in [0.717, 1.165) is 30.1 Å². The summed E-state index contributed by atoms with van der Waals surface area (Å²) in [5, 5.41) is 2.52. The van der Waals surface area contributed by atoms with Gasteiger partial charge >= 0.3 is 0 Å². The van der Waals surface area contributed by atoms with Gasteiger partial charge < -0.3 is 14.2 Å². The van der Waals surface area contributed by atoms with Gasteiger partial charge in [0.25, 0.3) is 5.91 Å².